The summed E-state index contributed by atoms with van der Waals surface area (Å²) in [6, 6.07) is 54.8. The van der Waals surface area contributed by atoms with Gasteiger partial charge in [-0.2, -0.15) is 0 Å². The number of hydrogen-bond acceptors (Lipinski definition) is 2. The molecule has 0 unspecified atom stereocenters. The van der Waals surface area contributed by atoms with Gasteiger partial charge in [-0.05, 0) is 148 Å². The fourth-order valence-corrected chi connectivity index (χ4v) is 11.0. The molecule has 62 heavy (non-hydrogen) atoms. The van der Waals surface area contributed by atoms with Crippen molar-refractivity contribution in [2.45, 2.75) is 77.3 Å². The van der Waals surface area contributed by atoms with Crippen molar-refractivity contribution in [2.75, 3.05) is 9.80 Å². The van der Waals surface area contributed by atoms with E-state index in [2.05, 4.69) is 247 Å². The van der Waals surface area contributed by atoms with Gasteiger partial charge in [0.1, 0.15) is 0 Å². The summed E-state index contributed by atoms with van der Waals surface area (Å²) in [6.45, 7) is 18.7. The second kappa shape index (κ2) is 13.4. The van der Waals surface area contributed by atoms with E-state index in [9.17, 15) is 0 Å². The highest BCUT2D eigenvalue weighted by Crippen LogP contribution is 2.53. The minimum absolute atomic E-state index is 0.123. The van der Waals surface area contributed by atoms with Crippen LogP contribution in [-0.4, -0.2) is 11.1 Å². The molecule has 0 saturated carbocycles. The molecule has 0 radical (unpaired) electrons. The van der Waals surface area contributed by atoms with Gasteiger partial charge in [0.05, 0.1) is 11.1 Å². The Morgan fingerprint density at radius 3 is 1.31 bits per heavy atom. The molecule has 11 rings (SSSR count). The van der Waals surface area contributed by atoms with Gasteiger partial charge in [-0.1, -0.05) is 167 Å². The molecule has 0 N–H and O–H groups in total. The summed E-state index contributed by atoms with van der Waals surface area (Å²) < 4.78 is 0. The van der Waals surface area contributed by atoms with Crippen LogP contribution in [0.5, 0.6) is 0 Å². The third kappa shape index (κ3) is 5.83. The monoisotopic (exact) mass is 802 g/mol. The van der Waals surface area contributed by atoms with Gasteiger partial charge in [0, 0.05) is 33.6 Å². The van der Waals surface area contributed by atoms with Crippen LogP contribution in [0, 0.1) is 0 Å². The van der Waals surface area contributed by atoms with Crippen molar-refractivity contribution in [3.8, 4) is 33.4 Å². The lowest BCUT2D eigenvalue weighted by molar-refractivity contribution is 0.622. The molecule has 0 spiro atoms. The molecule has 2 aliphatic carbocycles. The zero-order chi connectivity index (χ0) is 42.8. The van der Waals surface area contributed by atoms with Crippen LogP contribution in [0.2, 0.25) is 0 Å². The summed E-state index contributed by atoms with van der Waals surface area (Å²) in [5.74, 6) is 0. The molecule has 7 aromatic carbocycles. The maximum Gasteiger partial charge on any atom is 0.0580 e. The topological polar surface area (TPSA) is 6.48 Å². The predicted molar refractivity (Wildman–Crippen MR) is 266 cm³/mol. The maximum absolute atomic E-state index is 2.50. The van der Waals surface area contributed by atoms with E-state index in [0.29, 0.717) is 0 Å². The fourth-order valence-electron chi connectivity index (χ4n) is 11.0. The lowest BCUT2D eigenvalue weighted by Gasteiger charge is -2.42. The Labute approximate surface area is 368 Å². The van der Waals surface area contributed by atoms with Crippen LogP contribution in [-0.2, 0) is 10.8 Å². The molecule has 0 amide bonds. The Morgan fingerprint density at radius 1 is 0.371 bits per heavy atom. The molecule has 4 aliphatic rings. The van der Waals surface area contributed by atoms with Crippen LogP contribution in [0.4, 0.5) is 22.7 Å². The molecule has 2 heteroatoms. The van der Waals surface area contributed by atoms with Crippen LogP contribution >= 0.6 is 0 Å². The second-order valence-corrected chi connectivity index (χ2v) is 20.0. The van der Waals surface area contributed by atoms with Crippen molar-refractivity contribution >= 4 is 47.1 Å². The number of benzene rings is 7. The van der Waals surface area contributed by atoms with Gasteiger partial charge in [-0.25, -0.2) is 0 Å². The first-order valence-electron chi connectivity index (χ1n) is 22.3. The first kappa shape index (κ1) is 38.3. The van der Waals surface area contributed by atoms with Crippen molar-refractivity contribution in [1.82, 2.24) is 0 Å². The van der Waals surface area contributed by atoms with Crippen molar-refractivity contribution in [1.29, 1.82) is 0 Å². The van der Waals surface area contributed by atoms with E-state index in [1.165, 1.54) is 101 Å². The third-order valence-corrected chi connectivity index (χ3v) is 14.4. The van der Waals surface area contributed by atoms with E-state index in [0.717, 1.165) is 0 Å². The maximum atomic E-state index is 2.50. The van der Waals surface area contributed by atoms with E-state index in [1.54, 1.807) is 0 Å². The zero-order valence-corrected chi connectivity index (χ0v) is 37.2. The molecule has 0 bridgehead atoms. The highest BCUT2D eigenvalue weighted by Gasteiger charge is 2.39. The Kier molecular flexibility index (Phi) is 8.29. The average Bonchev–Trinajstić information content (AvgIpc) is 3.63. The molecule has 7 aromatic rings. The Hall–Kier alpha value is -6.64. The van der Waals surface area contributed by atoms with E-state index >= 15 is 0 Å². The number of anilines is 4. The summed E-state index contributed by atoms with van der Waals surface area (Å²) in [7, 11) is 0. The lowest BCUT2D eigenvalue weighted by Crippen LogP contribution is -2.40. The summed E-state index contributed by atoms with van der Waals surface area (Å²) in [5, 5.41) is 0. The van der Waals surface area contributed by atoms with E-state index < -0.39 is 0 Å². The van der Waals surface area contributed by atoms with Crippen LogP contribution in [0.15, 0.2) is 158 Å². The molecule has 0 saturated heterocycles. The van der Waals surface area contributed by atoms with Crippen molar-refractivity contribution in [2.24, 2.45) is 0 Å². The van der Waals surface area contributed by atoms with Gasteiger partial charge in [0.2, 0.25) is 0 Å². The Balaban J connectivity index is 0.847. The first-order chi connectivity index (χ1) is 29.7. The van der Waals surface area contributed by atoms with Crippen LogP contribution in [0.25, 0.3) is 57.7 Å². The van der Waals surface area contributed by atoms with Gasteiger partial charge >= 0.3 is 0 Å². The van der Waals surface area contributed by atoms with E-state index in [1.807, 2.05) is 0 Å². The van der Waals surface area contributed by atoms with E-state index in [-0.39, 0.29) is 21.9 Å². The molecule has 0 aromatic heterocycles. The van der Waals surface area contributed by atoms with E-state index in [4.69, 9.17) is 0 Å². The lowest BCUT2D eigenvalue weighted by atomic mass is 9.81. The summed E-state index contributed by atoms with van der Waals surface area (Å²) in [4.78, 5) is 4.95. The summed E-state index contributed by atoms with van der Waals surface area (Å²) in [5.41, 5.74) is 22.8. The molecular formula is C60H54N2. The van der Waals surface area contributed by atoms with Crippen LogP contribution < -0.4 is 9.80 Å². The van der Waals surface area contributed by atoms with Crippen molar-refractivity contribution in [3.63, 3.8) is 0 Å². The SMILES string of the molecule is CC1(C)c2cc(C=Cc3ccc4c(c3)C(C)(C)c3cc(N5c6ccccc6C=CC5(C)C)ccc3-4)ccc2-c2ccc(-c3ccc(N4c5ccccc5C=CC4(C)C)cc3)cc21. The average molecular weight is 803 g/mol. The van der Waals surface area contributed by atoms with Crippen LogP contribution in [0.1, 0.15) is 99.9 Å². The molecule has 2 heterocycles. The van der Waals surface area contributed by atoms with Gasteiger partial charge in [-0.15, -0.1) is 0 Å². The van der Waals surface area contributed by atoms with Gasteiger partial charge < -0.3 is 9.80 Å². The van der Waals surface area contributed by atoms with Crippen molar-refractivity contribution < 1.29 is 0 Å². The van der Waals surface area contributed by atoms with Crippen LogP contribution in [0.3, 0.4) is 0 Å². The largest absolute Gasteiger partial charge is 0.332 e. The second-order valence-electron chi connectivity index (χ2n) is 20.0. The molecular weight excluding hydrogens is 749 g/mol. The number of rotatable bonds is 5. The minimum Gasteiger partial charge on any atom is -0.332 e. The summed E-state index contributed by atoms with van der Waals surface area (Å²) >= 11 is 0. The normalized spacial score (nSPS) is 17.6. The minimum atomic E-state index is -0.139. The summed E-state index contributed by atoms with van der Waals surface area (Å²) in [6.07, 6.45) is 13.7. The number of nitrogens with zero attached hydrogens (tertiary/aromatic N) is 2. The predicted octanol–water partition coefficient (Wildman–Crippen LogP) is 16.0. The third-order valence-electron chi connectivity index (χ3n) is 14.4. The quantitative estimate of drug-likeness (QED) is 0.160. The zero-order valence-electron chi connectivity index (χ0n) is 37.2. The number of fused-ring (bicyclic) bond motifs is 8. The number of para-hydroxylation sites is 2. The smallest absolute Gasteiger partial charge is 0.0580 e. The highest BCUT2D eigenvalue weighted by molar-refractivity contribution is 5.89. The highest BCUT2D eigenvalue weighted by atomic mass is 15.2. The van der Waals surface area contributed by atoms with Gasteiger partial charge in [0.25, 0.3) is 0 Å². The first-order valence-corrected chi connectivity index (χ1v) is 22.3. The van der Waals surface area contributed by atoms with Crippen molar-refractivity contribution in [3.05, 3.63) is 202 Å². The molecule has 0 fully saturated rings. The van der Waals surface area contributed by atoms with Gasteiger partial charge in [0.15, 0.2) is 0 Å². The number of hydrogen-bond donors (Lipinski definition) is 0. The molecule has 2 aliphatic heterocycles. The standard InChI is InChI=1S/C60H54N2/c1-57(2)33-31-42-13-9-11-15-55(42)61(57)45-24-21-41(22-25-45)44-23-29-49-47-27-19-39(35-51(47)59(5,6)53(49)37-44)17-18-40-20-28-48-50-30-26-46(38-54(50)60(7,8)52(48)36-40)62-56-16-12-10-14-43(56)32-34-58(62,3)4/h9-38H,1-8H3. The Bertz CT molecular complexity index is 3070. The molecule has 304 valence electrons. The Morgan fingerprint density at radius 2 is 0.774 bits per heavy atom. The fraction of sp³-hybridized carbons (Fsp3) is 0.200. The van der Waals surface area contributed by atoms with Gasteiger partial charge in [-0.3, -0.25) is 0 Å². The molecule has 0 atom stereocenters. The molecule has 2 nitrogen and oxygen atoms in total.